The second-order valence-electron chi connectivity index (χ2n) is 7.40. The molecule has 12 heteroatoms. The molecule has 3 rings (SSSR count). The molecule has 1 aromatic carbocycles. The molecule has 1 fully saturated rings. The highest BCUT2D eigenvalue weighted by Gasteiger charge is 2.31. The third-order valence-corrected chi connectivity index (χ3v) is 5.20. The molecule has 1 aliphatic heterocycles. The lowest BCUT2D eigenvalue weighted by Gasteiger charge is -2.39. The number of benzene rings is 1. The molecule has 0 saturated carbocycles. The van der Waals surface area contributed by atoms with E-state index in [1.54, 1.807) is 6.07 Å². The van der Waals surface area contributed by atoms with E-state index in [-0.39, 0.29) is 18.8 Å². The lowest BCUT2D eigenvalue weighted by atomic mass is 10.1. The zero-order valence-electron chi connectivity index (χ0n) is 17.6. The van der Waals surface area contributed by atoms with Crippen molar-refractivity contribution in [3.8, 4) is 17.0 Å². The number of ether oxygens (including phenoxy) is 1. The van der Waals surface area contributed by atoms with Crippen LogP contribution in [0.1, 0.15) is 0 Å². The Labute approximate surface area is 188 Å². The van der Waals surface area contributed by atoms with E-state index in [0.717, 1.165) is 4.90 Å². The van der Waals surface area contributed by atoms with Crippen LogP contribution >= 0.6 is 0 Å². The zero-order chi connectivity index (χ0) is 24.0. The Bertz CT molecular complexity index is 950. The van der Waals surface area contributed by atoms with Crippen molar-refractivity contribution < 1.29 is 32.6 Å². The van der Waals surface area contributed by atoms with Crippen molar-refractivity contribution in [1.29, 1.82) is 0 Å². The number of piperazine rings is 1. The van der Waals surface area contributed by atoms with Crippen LogP contribution < -0.4 is 15.4 Å². The summed E-state index contributed by atoms with van der Waals surface area (Å²) in [5.41, 5.74) is 7.40. The third kappa shape index (κ3) is 6.80. The molecule has 9 nitrogen and oxygen atoms in total. The van der Waals surface area contributed by atoms with E-state index >= 15 is 0 Å². The molecule has 2 heterocycles. The number of hydrogen-bond acceptors (Lipinski definition) is 7. The Morgan fingerprint density at radius 2 is 1.85 bits per heavy atom. The van der Waals surface area contributed by atoms with Gasteiger partial charge in [0.1, 0.15) is 17.9 Å². The van der Waals surface area contributed by atoms with Crippen molar-refractivity contribution >= 4 is 18.2 Å². The van der Waals surface area contributed by atoms with Crippen LogP contribution in [0.3, 0.4) is 0 Å². The number of nitrogens with two attached hydrogens (primary N) is 1. The van der Waals surface area contributed by atoms with Gasteiger partial charge in [0.25, 0.3) is 0 Å². The number of aldehydes is 1. The first-order valence-electron chi connectivity index (χ1n) is 10.2. The number of rotatable bonds is 8. The second-order valence-corrected chi connectivity index (χ2v) is 7.40. The summed E-state index contributed by atoms with van der Waals surface area (Å²) in [6.07, 6.45) is -5.96. The highest BCUT2D eigenvalue weighted by atomic mass is 19.4. The first-order valence-corrected chi connectivity index (χ1v) is 10.2. The molecule has 33 heavy (non-hydrogen) atoms. The minimum Gasteiger partial charge on any atom is -0.465 e. The van der Waals surface area contributed by atoms with Crippen molar-refractivity contribution in [3.05, 3.63) is 42.5 Å². The predicted molar refractivity (Wildman–Crippen MR) is 114 cm³/mol. The first kappa shape index (κ1) is 24.3. The minimum atomic E-state index is -4.75. The average Bonchev–Trinajstić information content (AvgIpc) is 2.78. The molecule has 2 aromatic rings. The second kappa shape index (κ2) is 10.5. The lowest BCUT2D eigenvalue weighted by molar-refractivity contribution is -0.274. The van der Waals surface area contributed by atoms with Crippen LogP contribution in [0.25, 0.3) is 11.3 Å². The van der Waals surface area contributed by atoms with E-state index in [2.05, 4.69) is 9.72 Å². The molecular formula is C21H24F3N5O4. The number of aromatic nitrogens is 1. The molecule has 1 atom stereocenters. The molecule has 1 saturated heterocycles. The van der Waals surface area contributed by atoms with Gasteiger partial charge >= 0.3 is 12.5 Å². The Hall–Kier alpha value is -3.38. The molecule has 3 N–H and O–H groups in total. The minimum absolute atomic E-state index is 0.0237. The van der Waals surface area contributed by atoms with Gasteiger partial charge in [-0.25, -0.2) is 9.78 Å². The van der Waals surface area contributed by atoms with Crippen LogP contribution in [0.15, 0.2) is 42.5 Å². The fourth-order valence-corrected chi connectivity index (χ4v) is 3.53. The van der Waals surface area contributed by atoms with Gasteiger partial charge in [0.2, 0.25) is 0 Å². The smallest absolute Gasteiger partial charge is 0.465 e. The average molecular weight is 467 g/mol. The van der Waals surface area contributed by atoms with Crippen molar-refractivity contribution in [2.45, 2.75) is 12.5 Å². The molecule has 0 aliphatic carbocycles. The summed E-state index contributed by atoms with van der Waals surface area (Å²) in [5.74, 6) is 0.411. The van der Waals surface area contributed by atoms with E-state index in [9.17, 15) is 22.8 Å². The van der Waals surface area contributed by atoms with Gasteiger partial charge in [0.05, 0.1) is 24.9 Å². The maximum atomic E-state index is 12.3. The third-order valence-electron chi connectivity index (χ3n) is 5.20. The van der Waals surface area contributed by atoms with Crippen molar-refractivity contribution in [2.24, 2.45) is 5.73 Å². The largest absolute Gasteiger partial charge is 0.573 e. The number of hydrogen-bond donors (Lipinski definition) is 2. The van der Waals surface area contributed by atoms with Gasteiger partial charge in [-0.3, -0.25) is 9.80 Å². The molecule has 1 unspecified atom stereocenters. The van der Waals surface area contributed by atoms with E-state index in [0.29, 0.717) is 49.5 Å². The summed E-state index contributed by atoms with van der Waals surface area (Å²) < 4.78 is 40.9. The normalized spacial score (nSPS) is 15.7. The van der Waals surface area contributed by atoms with Crippen LogP contribution in [0.4, 0.5) is 23.8 Å². The van der Waals surface area contributed by atoms with Crippen LogP contribution in [0.2, 0.25) is 0 Å². The van der Waals surface area contributed by atoms with Gasteiger partial charge in [0.15, 0.2) is 0 Å². The maximum Gasteiger partial charge on any atom is 0.573 e. The number of carbonyl (C=O) groups excluding carboxylic acids is 1. The zero-order valence-corrected chi connectivity index (χ0v) is 17.6. The number of nitrogens with zero attached hydrogens (tertiary/aromatic N) is 4. The lowest BCUT2D eigenvalue weighted by Crippen LogP contribution is -2.57. The number of anilines is 1. The van der Waals surface area contributed by atoms with Gasteiger partial charge in [-0.05, 0) is 36.4 Å². The summed E-state index contributed by atoms with van der Waals surface area (Å²) in [6.45, 7) is 2.14. The van der Waals surface area contributed by atoms with Gasteiger partial charge in [-0.1, -0.05) is 6.07 Å². The SMILES string of the molecule is NC(CN(CC=O)C(=O)O)N1CCN(c2cccc(-c3ccc(OC(F)(F)F)cc3)n2)CC1. The van der Waals surface area contributed by atoms with Crippen LogP contribution in [0.5, 0.6) is 5.75 Å². The molecule has 1 aliphatic rings. The van der Waals surface area contributed by atoms with E-state index in [1.807, 2.05) is 21.9 Å². The molecular weight excluding hydrogens is 443 g/mol. The number of amides is 1. The van der Waals surface area contributed by atoms with Crippen molar-refractivity contribution in [2.75, 3.05) is 44.2 Å². The summed E-state index contributed by atoms with van der Waals surface area (Å²) in [6, 6.07) is 10.9. The fraction of sp³-hybridized carbons (Fsp3) is 0.381. The predicted octanol–water partition coefficient (Wildman–Crippen LogP) is 2.23. The van der Waals surface area contributed by atoms with Gasteiger partial charge in [-0.2, -0.15) is 0 Å². The van der Waals surface area contributed by atoms with E-state index in [4.69, 9.17) is 10.8 Å². The Kier molecular flexibility index (Phi) is 7.71. The van der Waals surface area contributed by atoms with Crippen LogP contribution in [-0.2, 0) is 4.79 Å². The van der Waals surface area contributed by atoms with E-state index < -0.39 is 18.6 Å². The number of alkyl halides is 3. The molecule has 178 valence electrons. The summed E-state index contributed by atoms with van der Waals surface area (Å²) in [4.78, 5) is 31.4. The van der Waals surface area contributed by atoms with Gasteiger partial charge < -0.3 is 25.3 Å². The highest BCUT2D eigenvalue weighted by molar-refractivity contribution is 5.69. The monoisotopic (exact) mass is 467 g/mol. The summed E-state index contributed by atoms with van der Waals surface area (Å²) >= 11 is 0. The Morgan fingerprint density at radius 1 is 1.18 bits per heavy atom. The topological polar surface area (TPSA) is 112 Å². The molecule has 0 spiro atoms. The molecule has 1 amide bonds. The fourth-order valence-electron chi connectivity index (χ4n) is 3.53. The number of carbonyl (C=O) groups is 2. The Morgan fingerprint density at radius 3 is 2.42 bits per heavy atom. The highest BCUT2D eigenvalue weighted by Crippen LogP contribution is 2.27. The summed E-state index contributed by atoms with van der Waals surface area (Å²) in [7, 11) is 0. The quantitative estimate of drug-likeness (QED) is 0.569. The number of pyridine rings is 1. The molecule has 0 radical (unpaired) electrons. The van der Waals surface area contributed by atoms with Crippen LogP contribution in [0, 0.1) is 0 Å². The van der Waals surface area contributed by atoms with Crippen LogP contribution in [-0.4, -0.2) is 84.1 Å². The standard InChI is InChI=1S/C21H24F3N5O4/c22-21(23,24)33-16-6-4-15(5-7-16)17-2-1-3-19(26-17)28-10-8-27(9-11-28)18(25)14-29(12-13-30)20(31)32/h1-7,13,18H,8-12,14,25H2,(H,31,32). The van der Waals surface area contributed by atoms with Crippen molar-refractivity contribution in [3.63, 3.8) is 0 Å². The van der Waals surface area contributed by atoms with E-state index in [1.165, 1.54) is 24.3 Å². The van der Waals surface area contributed by atoms with Crippen molar-refractivity contribution in [1.82, 2.24) is 14.8 Å². The number of halogens is 3. The number of carboxylic acid groups (broad SMARTS) is 1. The molecule has 1 aromatic heterocycles. The van der Waals surface area contributed by atoms with Gasteiger partial charge in [0, 0.05) is 31.7 Å². The summed E-state index contributed by atoms with van der Waals surface area (Å²) in [5, 5.41) is 9.15. The maximum absolute atomic E-state index is 12.3. The van der Waals surface area contributed by atoms with Gasteiger partial charge in [-0.15, -0.1) is 13.2 Å². The first-order chi connectivity index (χ1) is 15.7. The Balaban J connectivity index is 1.60. The molecule has 0 bridgehead atoms.